The van der Waals surface area contributed by atoms with Crippen molar-refractivity contribution in [3.8, 4) is 0 Å². The van der Waals surface area contributed by atoms with Crippen molar-refractivity contribution in [3.05, 3.63) is 94.3 Å². The van der Waals surface area contributed by atoms with Crippen LogP contribution in [-0.2, 0) is 31.6 Å². The summed E-state index contributed by atoms with van der Waals surface area (Å²) in [7, 11) is -0.182. The predicted molar refractivity (Wildman–Crippen MR) is 270 cm³/mol. The number of ether oxygens (including phenoxy) is 2. The number of allylic oxidation sites excluding steroid dienone is 3. The summed E-state index contributed by atoms with van der Waals surface area (Å²) < 4.78 is 28.4. The highest BCUT2D eigenvalue weighted by Gasteiger charge is 2.52. The molecule has 13 rings (SSSR count). The Morgan fingerprint density at radius 1 is 0.621 bits per heavy atom. The van der Waals surface area contributed by atoms with Crippen LogP contribution in [0.5, 0.6) is 0 Å². The molecule has 6 aliphatic carbocycles. The Hall–Kier alpha value is -3.42. The average molecular weight is 962 g/mol. The Labute approximate surface area is 402 Å². The molecule has 5 fully saturated rings. The van der Waals surface area contributed by atoms with Crippen molar-refractivity contribution in [2.75, 3.05) is 26.4 Å². The van der Waals surface area contributed by atoms with Gasteiger partial charge in [0.15, 0.2) is 11.3 Å². The summed E-state index contributed by atoms with van der Waals surface area (Å²) in [5.41, 5.74) is 14.3. The second-order valence-electron chi connectivity index (χ2n) is 21.5. The van der Waals surface area contributed by atoms with E-state index in [4.69, 9.17) is 33.7 Å². The molecule has 9 aliphatic rings. The van der Waals surface area contributed by atoms with E-state index in [1.807, 2.05) is 12.4 Å². The summed E-state index contributed by atoms with van der Waals surface area (Å²) in [5, 5.41) is 0. The van der Waals surface area contributed by atoms with E-state index in [0.29, 0.717) is 23.9 Å². The van der Waals surface area contributed by atoms with Gasteiger partial charge in [0, 0.05) is 41.6 Å². The van der Waals surface area contributed by atoms with Crippen LogP contribution in [0.25, 0.3) is 21.3 Å². The van der Waals surface area contributed by atoms with Crippen LogP contribution in [0.2, 0.25) is 0 Å². The second-order valence-corrected chi connectivity index (χ2v) is 22.3. The zero-order valence-electron chi connectivity index (χ0n) is 38.6. The molecule has 0 atom stereocenters. The first-order valence-corrected chi connectivity index (χ1v) is 25.5. The van der Waals surface area contributed by atoms with Gasteiger partial charge in [-0.1, -0.05) is 52.0 Å². The van der Waals surface area contributed by atoms with Crippen molar-refractivity contribution >= 4 is 44.4 Å². The van der Waals surface area contributed by atoms with Gasteiger partial charge in [0.1, 0.15) is 0 Å². The van der Waals surface area contributed by atoms with Gasteiger partial charge in [-0.05, 0) is 161 Å². The van der Waals surface area contributed by atoms with E-state index in [-0.39, 0.29) is 33.2 Å². The van der Waals surface area contributed by atoms with Crippen molar-refractivity contribution in [1.29, 1.82) is 0 Å². The predicted octanol–water partition coefficient (Wildman–Crippen LogP) is 12.9. The van der Waals surface area contributed by atoms with Crippen LogP contribution < -0.4 is 0 Å². The number of imidazole rings is 2. The molecule has 2 spiro atoms. The highest BCUT2D eigenvalue weighted by Crippen LogP contribution is 2.55. The van der Waals surface area contributed by atoms with Gasteiger partial charge in [0.05, 0.1) is 84.2 Å². The van der Waals surface area contributed by atoms with Crippen LogP contribution in [0.1, 0.15) is 191 Å². The van der Waals surface area contributed by atoms with Gasteiger partial charge in [0.25, 0.3) is 0 Å². The molecule has 4 saturated carbocycles. The fourth-order valence-corrected chi connectivity index (χ4v) is 12.6. The Balaban J connectivity index is 0.000000128. The van der Waals surface area contributed by atoms with Gasteiger partial charge in [-0.25, -0.2) is 9.97 Å². The molecule has 0 bridgehead atoms. The molecule has 0 unspecified atom stereocenters. The van der Waals surface area contributed by atoms with Gasteiger partial charge >= 0.3 is 7.12 Å². The standard InChI is InChI=1S/C23H27N3O.C18H20BrN3.C11H19BO3.2CH4/c1-8-23(9-1)10-4-17(5-11-23)20-15-26-21(25-20)14-24-19-3-2-18(22(19)26)16-6-12-27-13-7-16;19-13-2-3-14-17(13)22-11-15(21-16(22)10-20-14)12-4-8-18(9-5-12)6-1-7-18;1-10(2)11(3,4)15-12(14-10)9-5-7-13-8-6-9;;/h2,6,14-15,17H,1,3-5,7-13H2;2,10-12H,1,3-9H2;5H,6-8H2,1-4H3;2*1H4. The molecule has 4 aromatic heterocycles. The normalized spacial score (nSPS) is 25.3. The van der Waals surface area contributed by atoms with Crippen LogP contribution in [0.4, 0.5) is 0 Å². The number of nitrogens with zero attached hydrogens (tertiary/aromatic N) is 6. The third-order valence-electron chi connectivity index (χ3n) is 17.3. The number of aromatic nitrogens is 6. The molecule has 7 heterocycles. The zero-order chi connectivity index (χ0) is 43.7. The number of rotatable bonds is 4. The molecule has 0 amide bonds. The minimum Gasteiger partial charge on any atom is -0.400 e. The lowest BCUT2D eigenvalue weighted by molar-refractivity contribution is 0.00578. The van der Waals surface area contributed by atoms with Crippen LogP contribution in [-0.4, -0.2) is 73.5 Å². The number of halogens is 1. The largest absolute Gasteiger partial charge is 0.490 e. The van der Waals surface area contributed by atoms with Crippen molar-refractivity contribution < 1.29 is 18.8 Å². The summed E-state index contributed by atoms with van der Waals surface area (Å²) in [4.78, 5) is 19.2. The fourth-order valence-electron chi connectivity index (χ4n) is 12.1. The van der Waals surface area contributed by atoms with Crippen LogP contribution in [0, 0.1) is 10.8 Å². The Morgan fingerprint density at radius 2 is 1.12 bits per heavy atom. The van der Waals surface area contributed by atoms with Crippen LogP contribution in [0.3, 0.4) is 0 Å². The molecule has 354 valence electrons. The highest BCUT2D eigenvalue weighted by molar-refractivity contribution is 9.15. The van der Waals surface area contributed by atoms with Crippen LogP contribution in [0.15, 0.2) is 60.1 Å². The number of fused-ring (bicyclic) bond motifs is 6. The van der Waals surface area contributed by atoms with Gasteiger partial charge in [-0.3, -0.25) is 18.8 Å². The summed E-state index contributed by atoms with van der Waals surface area (Å²) in [5.74, 6) is 1.27. The van der Waals surface area contributed by atoms with Crippen molar-refractivity contribution in [2.24, 2.45) is 10.8 Å². The molecule has 10 nitrogen and oxygen atoms in total. The summed E-state index contributed by atoms with van der Waals surface area (Å²) in [6.07, 6.45) is 40.7. The maximum atomic E-state index is 5.96. The fraction of sp³-hybridized carbons (Fsp3) is 0.630. The lowest BCUT2D eigenvalue weighted by Gasteiger charge is -2.46. The summed E-state index contributed by atoms with van der Waals surface area (Å²) in [6, 6.07) is 0. The molecule has 0 aromatic carbocycles. The Kier molecular flexibility index (Phi) is 13.6. The summed E-state index contributed by atoms with van der Waals surface area (Å²) >= 11 is 3.67. The third-order valence-corrected chi connectivity index (χ3v) is 18.0. The molecule has 0 N–H and O–H groups in total. The average Bonchev–Trinajstić information content (AvgIpc) is 4.13. The van der Waals surface area contributed by atoms with E-state index < -0.39 is 0 Å². The molecule has 66 heavy (non-hydrogen) atoms. The molecule has 12 heteroatoms. The first kappa shape index (κ1) is 47.6. The lowest BCUT2D eigenvalue weighted by atomic mass is 9.59. The van der Waals surface area contributed by atoms with Gasteiger partial charge in [0.2, 0.25) is 0 Å². The van der Waals surface area contributed by atoms with E-state index in [2.05, 4.69) is 94.1 Å². The Bertz CT molecular complexity index is 2520. The summed E-state index contributed by atoms with van der Waals surface area (Å²) in [6.45, 7) is 11.3. The minimum atomic E-state index is -0.239. The maximum absolute atomic E-state index is 5.96. The van der Waals surface area contributed by atoms with Gasteiger partial charge < -0.3 is 18.8 Å². The van der Waals surface area contributed by atoms with E-state index in [1.165, 1.54) is 135 Å². The zero-order valence-corrected chi connectivity index (χ0v) is 40.2. The van der Waals surface area contributed by atoms with E-state index in [0.717, 1.165) is 72.4 Å². The molecule has 1 saturated heterocycles. The van der Waals surface area contributed by atoms with E-state index in [1.54, 1.807) is 0 Å². The van der Waals surface area contributed by atoms with Crippen molar-refractivity contribution in [3.63, 3.8) is 0 Å². The second kappa shape index (κ2) is 18.8. The van der Waals surface area contributed by atoms with Gasteiger partial charge in [-0.2, -0.15) is 0 Å². The number of hydrogen-bond acceptors (Lipinski definition) is 8. The highest BCUT2D eigenvalue weighted by atomic mass is 79.9. The Morgan fingerprint density at radius 3 is 1.61 bits per heavy atom. The third kappa shape index (κ3) is 8.89. The van der Waals surface area contributed by atoms with Crippen molar-refractivity contribution in [1.82, 2.24) is 28.7 Å². The molecule has 3 aliphatic heterocycles. The first-order valence-electron chi connectivity index (χ1n) is 24.7. The van der Waals surface area contributed by atoms with E-state index in [9.17, 15) is 0 Å². The lowest BCUT2D eigenvalue weighted by Crippen LogP contribution is -2.41. The van der Waals surface area contributed by atoms with Crippen molar-refractivity contribution in [2.45, 2.75) is 181 Å². The monoisotopic (exact) mass is 961 g/mol. The topological polar surface area (TPSA) is 97.3 Å². The SMILES string of the molecule is BrC1=CCc2ncc3nc(C4CCC5(CCC5)CC4)cn3c21.C.C.C1=C(C2=CCc3ncc4nc(C5CCC6(CCC6)CC5)cn4c32)CCOC1.CC1(C)OB(C2=CCOCC2)OC1(C)C. The molecular formula is C54H74BBrN6O4. The molecular weight excluding hydrogens is 887 g/mol. The van der Waals surface area contributed by atoms with E-state index >= 15 is 0 Å². The molecule has 4 aromatic rings. The van der Waals surface area contributed by atoms with Crippen LogP contribution >= 0.6 is 15.9 Å². The smallest absolute Gasteiger partial charge is 0.400 e. The van der Waals surface area contributed by atoms with Gasteiger partial charge in [-0.15, -0.1) is 0 Å². The quantitative estimate of drug-likeness (QED) is 0.187. The minimum absolute atomic E-state index is 0. The maximum Gasteiger partial charge on any atom is 0.490 e. The number of hydrogen-bond donors (Lipinski definition) is 0. The molecule has 0 radical (unpaired) electrons. The first-order chi connectivity index (χ1) is 31.0.